The first-order chi connectivity index (χ1) is 8.15. The van der Waals surface area contributed by atoms with E-state index in [1.807, 2.05) is 0 Å². The van der Waals surface area contributed by atoms with Crippen LogP contribution in [-0.2, 0) is 6.54 Å². The van der Waals surface area contributed by atoms with Gasteiger partial charge in [-0.2, -0.15) is 4.98 Å². The van der Waals surface area contributed by atoms with Crippen molar-refractivity contribution < 1.29 is 13.7 Å². The molecule has 0 spiro atoms. The number of aromatic nitrogens is 2. The molecule has 1 aromatic heterocycles. The number of nitrogens with zero attached hydrogens (tertiary/aromatic N) is 2. The molecule has 1 heterocycles. The lowest BCUT2D eigenvalue weighted by Crippen LogP contribution is -1.96. The van der Waals surface area contributed by atoms with Gasteiger partial charge in [0.25, 0.3) is 0 Å². The summed E-state index contributed by atoms with van der Waals surface area (Å²) in [6.07, 6.45) is 0. The van der Waals surface area contributed by atoms with Gasteiger partial charge in [0.1, 0.15) is 11.6 Å². The third-order valence-electron chi connectivity index (χ3n) is 2.13. The van der Waals surface area contributed by atoms with Crippen LogP contribution in [0.2, 0.25) is 0 Å². The SMILES string of the molecule is COc1cc(F)c(Br)cc1-c1noc(CN)n1. The summed E-state index contributed by atoms with van der Waals surface area (Å²) in [5.41, 5.74) is 5.90. The lowest BCUT2D eigenvalue weighted by Gasteiger charge is -2.06. The quantitative estimate of drug-likeness (QED) is 0.940. The van der Waals surface area contributed by atoms with Crippen LogP contribution in [0.4, 0.5) is 4.39 Å². The van der Waals surface area contributed by atoms with Crippen molar-refractivity contribution in [1.29, 1.82) is 0 Å². The largest absolute Gasteiger partial charge is 0.496 e. The fraction of sp³-hybridized carbons (Fsp3) is 0.200. The van der Waals surface area contributed by atoms with Gasteiger partial charge in [-0.15, -0.1) is 0 Å². The molecular formula is C10H9BrFN3O2. The van der Waals surface area contributed by atoms with Crippen LogP contribution in [-0.4, -0.2) is 17.3 Å². The third-order valence-corrected chi connectivity index (χ3v) is 2.73. The van der Waals surface area contributed by atoms with Crippen LogP contribution in [0.15, 0.2) is 21.1 Å². The summed E-state index contributed by atoms with van der Waals surface area (Å²) in [6, 6.07) is 2.78. The molecule has 2 rings (SSSR count). The van der Waals surface area contributed by atoms with Crippen LogP contribution in [0.3, 0.4) is 0 Å². The third kappa shape index (κ3) is 2.29. The minimum atomic E-state index is -0.423. The van der Waals surface area contributed by atoms with Crippen molar-refractivity contribution in [1.82, 2.24) is 10.1 Å². The van der Waals surface area contributed by atoms with E-state index in [0.29, 0.717) is 27.5 Å². The second kappa shape index (κ2) is 4.80. The molecule has 1 aromatic carbocycles. The van der Waals surface area contributed by atoms with Gasteiger partial charge in [0.2, 0.25) is 11.7 Å². The second-order valence-corrected chi connectivity index (χ2v) is 4.04. The predicted octanol–water partition coefficient (Wildman–Crippen LogP) is 2.11. The molecule has 0 aliphatic rings. The molecule has 90 valence electrons. The molecule has 0 unspecified atom stereocenters. The van der Waals surface area contributed by atoms with Crippen molar-refractivity contribution in [3.8, 4) is 17.1 Å². The Morgan fingerprint density at radius 2 is 2.29 bits per heavy atom. The fourth-order valence-corrected chi connectivity index (χ4v) is 1.66. The van der Waals surface area contributed by atoms with E-state index in [1.165, 1.54) is 19.2 Å². The minimum Gasteiger partial charge on any atom is -0.496 e. The Bertz CT molecular complexity index is 544. The van der Waals surface area contributed by atoms with Crippen molar-refractivity contribution in [2.45, 2.75) is 6.54 Å². The van der Waals surface area contributed by atoms with Crippen LogP contribution in [0.5, 0.6) is 5.75 Å². The van der Waals surface area contributed by atoms with E-state index in [1.54, 1.807) is 0 Å². The molecule has 5 nitrogen and oxygen atoms in total. The van der Waals surface area contributed by atoms with E-state index >= 15 is 0 Å². The highest BCUT2D eigenvalue weighted by atomic mass is 79.9. The number of benzene rings is 1. The zero-order valence-corrected chi connectivity index (χ0v) is 10.5. The average Bonchev–Trinajstić information content (AvgIpc) is 2.80. The first-order valence-corrected chi connectivity index (χ1v) is 5.51. The molecule has 0 saturated carbocycles. The molecule has 0 fully saturated rings. The van der Waals surface area contributed by atoms with E-state index < -0.39 is 5.82 Å². The summed E-state index contributed by atoms with van der Waals surface area (Å²) in [4.78, 5) is 4.05. The van der Waals surface area contributed by atoms with E-state index in [2.05, 4.69) is 26.1 Å². The molecule has 17 heavy (non-hydrogen) atoms. The van der Waals surface area contributed by atoms with Crippen LogP contribution in [0.25, 0.3) is 11.4 Å². The number of rotatable bonds is 3. The summed E-state index contributed by atoms with van der Waals surface area (Å²) in [5, 5.41) is 3.75. The molecule has 2 N–H and O–H groups in total. The van der Waals surface area contributed by atoms with Crippen molar-refractivity contribution in [2.24, 2.45) is 5.73 Å². The van der Waals surface area contributed by atoms with Gasteiger partial charge in [-0.25, -0.2) is 4.39 Å². The van der Waals surface area contributed by atoms with Crippen molar-refractivity contribution >= 4 is 15.9 Å². The summed E-state index contributed by atoms with van der Waals surface area (Å²) in [5.74, 6) is 0.522. The zero-order chi connectivity index (χ0) is 12.4. The molecule has 0 aliphatic carbocycles. The maximum Gasteiger partial charge on any atom is 0.240 e. The number of methoxy groups -OCH3 is 1. The Balaban J connectivity index is 2.53. The van der Waals surface area contributed by atoms with Gasteiger partial charge >= 0.3 is 0 Å². The smallest absolute Gasteiger partial charge is 0.240 e. The fourth-order valence-electron chi connectivity index (χ4n) is 1.32. The van der Waals surface area contributed by atoms with Crippen molar-refractivity contribution in [2.75, 3.05) is 7.11 Å². The van der Waals surface area contributed by atoms with Crippen LogP contribution < -0.4 is 10.5 Å². The second-order valence-electron chi connectivity index (χ2n) is 3.18. The van der Waals surface area contributed by atoms with Crippen LogP contribution in [0.1, 0.15) is 5.89 Å². The van der Waals surface area contributed by atoms with E-state index in [4.69, 9.17) is 15.0 Å². The summed E-state index contributed by atoms with van der Waals surface area (Å²) >= 11 is 3.09. The molecule has 0 saturated heterocycles. The molecular weight excluding hydrogens is 293 g/mol. The molecule has 0 aliphatic heterocycles. The van der Waals surface area contributed by atoms with Gasteiger partial charge in [-0.3, -0.25) is 0 Å². The zero-order valence-electron chi connectivity index (χ0n) is 8.91. The maximum absolute atomic E-state index is 13.3. The highest BCUT2D eigenvalue weighted by molar-refractivity contribution is 9.10. The average molecular weight is 302 g/mol. The Labute approximate surface area is 105 Å². The normalized spacial score (nSPS) is 10.6. The number of ether oxygens (including phenoxy) is 1. The van der Waals surface area contributed by atoms with E-state index in [9.17, 15) is 4.39 Å². The number of halogens is 2. The Morgan fingerprint density at radius 3 is 2.88 bits per heavy atom. The Hall–Kier alpha value is -1.47. The van der Waals surface area contributed by atoms with Crippen LogP contribution in [0, 0.1) is 5.82 Å². The number of nitrogens with two attached hydrogens (primary N) is 1. The summed E-state index contributed by atoms with van der Waals surface area (Å²) in [7, 11) is 1.44. The van der Waals surface area contributed by atoms with E-state index in [-0.39, 0.29) is 6.54 Å². The first-order valence-electron chi connectivity index (χ1n) is 4.71. The lowest BCUT2D eigenvalue weighted by molar-refractivity contribution is 0.379. The molecule has 0 amide bonds. The van der Waals surface area contributed by atoms with Gasteiger partial charge in [0.15, 0.2) is 0 Å². The lowest BCUT2D eigenvalue weighted by atomic mass is 10.2. The highest BCUT2D eigenvalue weighted by Crippen LogP contribution is 2.32. The summed E-state index contributed by atoms with van der Waals surface area (Å²) in [6.45, 7) is 0.150. The van der Waals surface area contributed by atoms with Crippen molar-refractivity contribution in [3.63, 3.8) is 0 Å². The molecule has 0 atom stereocenters. The molecule has 0 bridgehead atoms. The maximum atomic E-state index is 13.3. The Morgan fingerprint density at radius 1 is 1.53 bits per heavy atom. The topological polar surface area (TPSA) is 74.2 Å². The number of hydrogen-bond donors (Lipinski definition) is 1. The number of hydrogen-bond acceptors (Lipinski definition) is 5. The summed E-state index contributed by atoms with van der Waals surface area (Å²) < 4.78 is 23.6. The van der Waals surface area contributed by atoms with Gasteiger partial charge in [-0.1, -0.05) is 5.16 Å². The molecule has 7 heteroatoms. The van der Waals surface area contributed by atoms with Crippen molar-refractivity contribution in [3.05, 3.63) is 28.3 Å². The van der Waals surface area contributed by atoms with Gasteiger partial charge in [-0.05, 0) is 22.0 Å². The molecule has 0 radical (unpaired) electrons. The van der Waals surface area contributed by atoms with Gasteiger partial charge in [0.05, 0.1) is 23.7 Å². The van der Waals surface area contributed by atoms with E-state index in [0.717, 1.165) is 0 Å². The minimum absolute atomic E-state index is 0.150. The first kappa shape index (κ1) is 12.0. The van der Waals surface area contributed by atoms with Crippen LogP contribution >= 0.6 is 15.9 Å². The van der Waals surface area contributed by atoms with Gasteiger partial charge in [0, 0.05) is 6.07 Å². The molecule has 2 aromatic rings. The monoisotopic (exact) mass is 301 g/mol. The Kier molecular flexibility index (Phi) is 3.39. The predicted molar refractivity (Wildman–Crippen MR) is 61.8 cm³/mol. The highest BCUT2D eigenvalue weighted by Gasteiger charge is 2.15. The van der Waals surface area contributed by atoms with Gasteiger partial charge < -0.3 is 15.0 Å². The standard InChI is InChI=1S/C10H9BrFN3O2/c1-16-8-3-7(12)6(11)2-5(8)10-14-9(4-13)17-15-10/h2-3H,4,13H2,1H3.